The minimum absolute atomic E-state index is 0.154. The van der Waals surface area contributed by atoms with Gasteiger partial charge in [-0.2, -0.15) is 0 Å². The predicted octanol–water partition coefficient (Wildman–Crippen LogP) is 3.44. The first-order valence-electron chi connectivity index (χ1n) is 8.69. The zero-order valence-corrected chi connectivity index (χ0v) is 16.1. The zero-order chi connectivity index (χ0) is 18.9. The number of thioether (sulfide) groups is 1. The number of carbonyl (C=O) groups excluding carboxylic acids is 2. The Morgan fingerprint density at radius 1 is 1.27 bits per heavy atom. The molecule has 2 N–H and O–H groups in total. The van der Waals surface area contributed by atoms with Crippen LogP contribution in [0.25, 0.3) is 0 Å². The number of benzene rings is 1. The van der Waals surface area contributed by atoms with Gasteiger partial charge in [0.15, 0.2) is 0 Å². The summed E-state index contributed by atoms with van der Waals surface area (Å²) in [6.07, 6.45) is 3.01. The number of aromatic nitrogens is 3. The molecule has 2 aromatic rings. The molecule has 1 heterocycles. The van der Waals surface area contributed by atoms with Crippen molar-refractivity contribution < 1.29 is 14.3 Å². The minimum atomic E-state index is -0.377. The molecular weight excluding hydrogens is 352 g/mol. The Hall–Kier alpha value is -2.35. The molecule has 0 aliphatic carbocycles. The SMILES string of the molecule is CCCCc1nc(SC(C)C(=O)Nc2ccc(C(=O)OCC)cc2)n[nH]1. The lowest BCUT2D eigenvalue weighted by molar-refractivity contribution is -0.115. The maximum atomic E-state index is 12.3. The first kappa shape index (κ1) is 20.0. The van der Waals surface area contributed by atoms with Gasteiger partial charge in [0.25, 0.3) is 0 Å². The van der Waals surface area contributed by atoms with Crippen molar-refractivity contribution in [1.29, 1.82) is 0 Å². The van der Waals surface area contributed by atoms with Crippen LogP contribution in [0.5, 0.6) is 0 Å². The molecule has 1 unspecified atom stereocenters. The predicted molar refractivity (Wildman–Crippen MR) is 101 cm³/mol. The van der Waals surface area contributed by atoms with Crippen molar-refractivity contribution in [1.82, 2.24) is 15.2 Å². The Bertz CT molecular complexity index is 730. The Balaban J connectivity index is 1.88. The summed E-state index contributed by atoms with van der Waals surface area (Å²) >= 11 is 1.30. The molecule has 0 saturated carbocycles. The van der Waals surface area contributed by atoms with Crippen molar-refractivity contribution in [3.63, 3.8) is 0 Å². The summed E-state index contributed by atoms with van der Waals surface area (Å²) in [7, 11) is 0. The number of aryl methyl sites for hydroxylation is 1. The van der Waals surface area contributed by atoms with Crippen LogP contribution in [0, 0.1) is 0 Å². The Morgan fingerprint density at radius 3 is 2.65 bits per heavy atom. The first-order chi connectivity index (χ1) is 12.5. The van der Waals surface area contributed by atoms with Gasteiger partial charge in [0.05, 0.1) is 17.4 Å². The Morgan fingerprint density at radius 2 is 2.00 bits per heavy atom. The third-order valence-electron chi connectivity index (χ3n) is 3.59. The van der Waals surface area contributed by atoms with Crippen LogP contribution in [0.15, 0.2) is 29.4 Å². The second-order valence-corrected chi connectivity index (χ2v) is 7.02. The van der Waals surface area contributed by atoms with Gasteiger partial charge in [-0.05, 0) is 44.5 Å². The average Bonchev–Trinajstić information content (AvgIpc) is 3.08. The number of unbranched alkanes of at least 4 members (excludes halogenated alkanes) is 1. The van der Waals surface area contributed by atoms with E-state index in [1.807, 2.05) is 0 Å². The number of rotatable bonds is 9. The van der Waals surface area contributed by atoms with Crippen molar-refractivity contribution in [2.45, 2.75) is 50.4 Å². The number of ether oxygens (including phenoxy) is 1. The van der Waals surface area contributed by atoms with Crippen molar-refractivity contribution >= 4 is 29.3 Å². The van der Waals surface area contributed by atoms with Gasteiger partial charge in [-0.15, -0.1) is 5.10 Å². The molecule has 0 saturated heterocycles. The van der Waals surface area contributed by atoms with E-state index in [-0.39, 0.29) is 17.1 Å². The summed E-state index contributed by atoms with van der Waals surface area (Å²) in [6.45, 7) is 6.01. The summed E-state index contributed by atoms with van der Waals surface area (Å²) in [5, 5.41) is 10.1. The van der Waals surface area contributed by atoms with E-state index in [2.05, 4.69) is 27.4 Å². The smallest absolute Gasteiger partial charge is 0.338 e. The molecule has 1 atom stereocenters. The molecule has 0 spiro atoms. The maximum Gasteiger partial charge on any atom is 0.338 e. The van der Waals surface area contributed by atoms with E-state index in [1.54, 1.807) is 38.1 Å². The molecule has 0 bridgehead atoms. The van der Waals surface area contributed by atoms with Crippen LogP contribution in [0.2, 0.25) is 0 Å². The van der Waals surface area contributed by atoms with E-state index in [0.717, 1.165) is 25.1 Å². The van der Waals surface area contributed by atoms with Gasteiger partial charge in [0, 0.05) is 12.1 Å². The highest BCUT2D eigenvalue weighted by Crippen LogP contribution is 2.21. The normalized spacial score (nSPS) is 11.8. The number of carbonyl (C=O) groups is 2. The fraction of sp³-hybridized carbons (Fsp3) is 0.444. The second-order valence-electron chi connectivity index (χ2n) is 5.72. The molecule has 1 aromatic heterocycles. The molecule has 1 aromatic carbocycles. The summed E-state index contributed by atoms with van der Waals surface area (Å²) in [5.74, 6) is 0.313. The van der Waals surface area contributed by atoms with Crippen molar-refractivity contribution in [2.24, 2.45) is 0 Å². The number of nitrogens with one attached hydrogen (secondary N) is 2. The van der Waals surface area contributed by atoms with E-state index in [0.29, 0.717) is 23.0 Å². The number of anilines is 1. The van der Waals surface area contributed by atoms with Gasteiger partial charge in [0.2, 0.25) is 11.1 Å². The number of esters is 1. The van der Waals surface area contributed by atoms with Gasteiger partial charge in [-0.3, -0.25) is 9.89 Å². The molecule has 0 aliphatic rings. The fourth-order valence-corrected chi connectivity index (χ4v) is 2.89. The summed E-state index contributed by atoms with van der Waals surface area (Å²) < 4.78 is 4.93. The number of H-pyrrole nitrogens is 1. The van der Waals surface area contributed by atoms with E-state index in [4.69, 9.17) is 4.74 Å². The van der Waals surface area contributed by atoms with Crippen LogP contribution >= 0.6 is 11.8 Å². The first-order valence-corrected chi connectivity index (χ1v) is 9.57. The summed E-state index contributed by atoms with van der Waals surface area (Å²) in [4.78, 5) is 28.3. The van der Waals surface area contributed by atoms with E-state index >= 15 is 0 Å². The highest BCUT2D eigenvalue weighted by molar-refractivity contribution is 8.00. The molecule has 0 fully saturated rings. The third kappa shape index (κ3) is 5.87. The van der Waals surface area contributed by atoms with Gasteiger partial charge in [-0.25, -0.2) is 9.78 Å². The number of nitrogens with zero attached hydrogens (tertiary/aromatic N) is 2. The van der Waals surface area contributed by atoms with Crippen LogP contribution in [-0.4, -0.2) is 38.9 Å². The van der Waals surface area contributed by atoms with Gasteiger partial charge in [-0.1, -0.05) is 25.1 Å². The van der Waals surface area contributed by atoms with E-state index in [1.165, 1.54) is 11.8 Å². The van der Waals surface area contributed by atoms with Crippen molar-refractivity contribution in [3.05, 3.63) is 35.7 Å². The Kier molecular flexibility index (Phi) is 7.65. The highest BCUT2D eigenvalue weighted by Gasteiger charge is 2.17. The molecule has 2 rings (SSSR count). The van der Waals surface area contributed by atoms with Crippen LogP contribution in [0.1, 0.15) is 49.8 Å². The quantitative estimate of drug-likeness (QED) is 0.514. The van der Waals surface area contributed by atoms with Gasteiger partial charge < -0.3 is 10.1 Å². The fourth-order valence-electron chi connectivity index (χ4n) is 2.15. The largest absolute Gasteiger partial charge is 0.462 e. The molecule has 1 amide bonds. The lowest BCUT2D eigenvalue weighted by atomic mass is 10.2. The molecule has 7 nitrogen and oxygen atoms in total. The molecule has 140 valence electrons. The van der Waals surface area contributed by atoms with Gasteiger partial charge in [0.1, 0.15) is 5.82 Å². The second kappa shape index (κ2) is 9.96. The number of aromatic amines is 1. The molecule has 0 aliphatic heterocycles. The van der Waals surface area contributed by atoms with Crippen molar-refractivity contribution in [2.75, 3.05) is 11.9 Å². The van der Waals surface area contributed by atoms with Crippen molar-refractivity contribution in [3.8, 4) is 0 Å². The Labute approximate surface area is 157 Å². The minimum Gasteiger partial charge on any atom is -0.462 e. The average molecular weight is 376 g/mol. The lowest BCUT2D eigenvalue weighted by Gasteiger charge is -2.10. The summed E-state index contributed by atoms with van der Waals surface area (Å²) in [6, 6.07) is 6.61. The van der Waals surface area contributed by atoms with Gasteiger partial charge >= 0.3 is 5.97 Å². The highest BCUT2D eigenvalue weighted by atomic mass is 32.2. The van der Waals surface area contributed by atoms with Crippen LogP contribution < -0.4 is 5.32 Å². The van der Waals surface area contributed by atoms with E-state index < -0.39 is 0 Å². The molecule has 8 heteroatoms. The molecular formula is C18H24N4O3S. The lowest BCUT2D eigenvalue weighted by Crippen LogP contribution is -2.22. The maximum absolute atomic E-state index is 12.3. The standard InChI is InChI=1S/C18H24N4O3S/c1-4-6-7-15-20-18(22-21-15)26-12(3)16(23)19-14-10-8-13(9-11-14)17(24)25-5-2/h8-12H,4-7H2,1-3H3,(H,19,23)(H,20,21,22). The van der Waals surface area contributed by atoms with E-state index in [9.17, 15) is 9.59 Å². The number of hydrogen-bond acceptors (Lipinski definition) is 6. The monoisotopic (exact) mass is 376 g/mol. The third-order valence-corrected chi connectivity index (χ3v) is 4.55. The molecule has 26 heavy (non-hydrogen) atoms. The topological polar surface area (TPSA) is 97.0 Å². The van der Waals surface area contributed by atoms with Crippen LogP contribution in [0.4, 0.5) is 5.69 Å². The number of amides is 1. The van der Waals surface area contributed by atoms with Crippen LogP contribution in [-0.2, 0) is 16.0 Å². The van der Waals surface area contributed by atoms with Crippen LogP contribution in [0.3, 0.4) is 0 Å². The molecule has 0 radical (unpaired) electrons. The zero-order valence-electron chi connectivity index (χ0n) is 15.2. The number of hydrogen-bond donors (Lipinski definition) is 2. The summed E-state index contributed by atoms with van der Waals surface area (Å²) in [5.41, 5.74) is 1.07.